The van der Waals surface area contributed by atoms with Crippen LogP contribution in [0.15, 0.2) is 33.2 Å². The summed E-state index contributed by atoms with van der Waals surface area (Å²) < 4.78 is 10.5. The molecular weight excluding hydrogens is 396 g/mol. The van der Waals surface area contributed by atoms with Gasteiger partial charge in [-0.15, -0.1) is 11.3 Å². The van der Waals surface area contributed by atoms with Crippen molar-refractivity contribution in [2.45, 2.75) is 19.8 Å². The van der Waals surface area contributed by atoms with E-state index in [1.54, 1.807) is 27.2 Å². The first-order valence-electron chi connectivity index (χ1n) is 8.71. The van der Waals surface area contributed by atoms with Crippen LogP contribution in [-0.2, 0) is 11.2 Å². The van der Waals surface area contributed by atoms with Crippen LogP contribution in [0.4, 0.5) is 5.13 Å². The number of amides is 1. The number of ether oxygens (including phenoxy) is 2. The van der Waals surface area contributed by atoms with Gasteiger partial charge in [0.15, 0.2) is 16.6 Å². The summed E-state index contributed by atoms with van der Waals surface area (Å²) in [7, 11) is 3.12. The van der Waals surface area contributed by atoms with Crippen LogP contribution in [-0.4, -0.2) is 35.1 Å². The molecule has 10 heteroatoms. The molecule has 0 aliphatic heterocycles. The Kier molecular flexibility index (Phi) is 6.13. The average molecular weight is 416 g/mol. The lowest BCUT2D eigenvalue weighted by Gasteiger charge is -2.08. The van der Waals surface area contributed by atoms with Crippen molar-refractivity contribution >= 4 is 22.4 Å². The molecule has 29 heavy (non-hydrogen) atoms. The van der Waals surface area contributed by atoms with Crippen LogP contribution in [0.5, 0.6) is 11.5 Å². The number of carbonyl (C=O) groups is 1. The number of thiazole rings is 1. The van der Waals surface area contributed by atoms with Crippen molar-refractivity contribution in [3.8, 4) is 22.8 Å². The van der Waals surface area contributed by atoms with E-state index in [0.29, 0.717) is 33.6 Å². The Labute approximate surface area is 169 Å². The summed E-state index contributed by atoms with van der Waals surface area (Å²) >= 11 is 1.30. The average Bonchev–Trinajstić information content (AvgIpc) is 3.14. The van der Waals surface area contributed by atoms with Gasteiger partial charge in [0, 0.05) is 28.6 Å². The standard InChI is InChI=1S/C19H20N4O5S/c1-10-12(17(25)23-18(26)20-10)5-7-16(24)22-19-21-13(9-29-19)11-4-6-14(27-2)15(8-11)28-3/h4,6,8-9H,5,7H2,1-3H3,(H,21,22,24)(H2,20,23,25,26). The fourth-order valence-electron chi connectivity index (χ4n) is 2.81. The lowest BCUT2D eigenvalue weighted by Crippen LogP contribution is -2.27. The van der Waals surface area contributed by atoms with Gasteiger partial charge in [0.05, 0.1) is 19.9 Å². The van der Waals surface area contributed by atoms with Crippen molar-refractivity contribution in [2.24, 2.45) is 0 Å². The van der Waals surface area contributed by atoms with E-state index in [1.165, 1.54) is 11.3 Å². The maximum absolute atomic E-state index is 12.2. The first kappa shape index (κ1) is 20.3. The summed E-state index contributed by atoms with van der Waals surface area (Å²) in [6, 6.07) is 5.45. The molecule has 0 saturated heterocycles. The second-order valence-corrected chi connectivity index (χ2v) is 7.03. The van der Waals surface area contributed by atoms with Crippen LogP contribution in [0.1, 0.15) is 17.7 Å². The number of benzene rings is 1. The van der Waals surface area contributed by atoms with Crippen LogP contribution >= 0.6 is 11.3 Å². The second kappa shape index (κ2) is 8.74. The summed E-state index contributed by atoms with van der Waals surface area (Å²) in [5.74, 6) is 0.931. The topological polar surface area (TPSA) is 126 Å². The first-order valence-corrected chi connectivity index (χ1v) is 9.59. The number of rotatable bonds is 7. The Balaban J connectivity index is 1.67. The second-order valence-electron chi connectivity index (χ2n) is 6.17. The van der Waals surface area contributed by atoms with Crippen molar-refractivity contribution in [3.63, 3.8) is 0 Å². The van der Waals surface area contributed by atoms with Gasteiger partial charge in [0.2, 0.25) is 5.91 Å². The highest BCUT2D eigenvalue weighted by Gasteiger charge is 2.13. The van der Waals surface area contributed by atoms with Crippen molar-refractivity contribution in [2.75, 3.05) is 19.5 Å². The van der Waals surface area contributed by atoms with Gasteiger partial charge in [0.25, 0.3) is 5.56 Å². The summed E-state index contributed by atoms with van der Waals surface area (Å²) in [5.41, 5.74) is 1.31. The molecule has 2 heterocycles. The molecule has 0 unspecified atom stereocenters. The third-order valence-corrected chi connectivity index (χ3v) is 5.04. The Hall–Kier alpha value is -3.40. The van der Waals surface area contributed by atoms with E-state index in [4.69, 9.17) is 9.47 Å². The Morgan fingerprint density at radius 2 is 1.93 bits per heavy atom. The van der Waals surface area contributed by atoms with Crippen molar-refractivity contribution in [3.05, 3.63) is 55.7 Å². The van der Waals surface area contributed by atoms with E-state index in [9.17, 15) is 14.4 Å². The van der Waals surface area contributed by atoms with Gasteiger partial charge in [-0.3, -0.25) is 14.6 Å². The number of nitrogens with one attached hydrogen (secondary N) is 3. The molecule has 2 aromatic heterocycles. The highest BCUT2D eigenvalue weighted by molar-refractivity contribution is 7.14. The molecular formula is C19H20N4O5S. The molecule has 3 aromatic rings. The molecule has 0 aliphatic carbocycles. The molecule has 152 valence electrons. The maximum Gasteiger partial charge on any atom is 0.325 e. The smallest absolute Gasteiger partial charge is 0.325 e. The van der Waals surface area contributed by atoms with Crippen LogP contribution in [0.3, 0.4) is 0 Å². The number of carbonyl (C=O) groups excluding carboxylic acids is 1. The lowest BCUT2D eigenvalue weighted by atomic mass is 10.1. The lowest BCUT2D eigenvalue weighted by molar-refractivity contribution is -0.116. The van der Waals surface area contributed by atoms with E-state index in [2.05, 4.69) is 20.3 Å². The minimum absolute atomic E-state index is 0.0846. The molecule has 1 aromatic carbocycles. The van der Waals surface area contributed by atoms with Crippen LogP contribution in [0.2, 0.25) is 0 Å². The number of aromatic amines is 2. The van der Waals surface area contributed by atoms with Gasteiger partial charge in [-0.05, 0) is 31.5 Å². The van der Waals surface area contributed by atoms with Crippen LogP contribution in [0, 0.1) is 6.92 Å². The van der Waals surface area contributed by atoms with Gasteiger partial charge >= 0.3 is 5.69 Å². The van der Waals surface area contributed by atoms with Crippen LogP contribution in [0.25, 0.3) is 11.3 Å². The molecule has 0 aliphatic rings. The number of hydrogen-bond acceptors (Lipinski definition) is 7. The van der Waals surface area contributed by atoms with Gasteiger partial charge < -0.3 is 19.8 Å². The largest absolute Gasteiger partial charge is 0.493 e. The molecule has 3 N–H and O–H groups in total. The Bertz CT molecular complexity index is 1150. The van der Waals surface area contributed by atoms with Crippen molar-refractivity contribution in [1.82, 2.24) is 15.0 Å². The normalized spacial score (nSPS) is 10.6. The molecule has 3 rings (SSSR count). The quantitative estimate of drug-likeness (QED) is 0.541. The zero-order chi connectivity index (χ0) is 21.0. The summed E-state index contributed by atoms with van der Waals surface area (Å²) in [5, 5.41) is 5.01. The fourth-order valence-corrected chi connectivity index (χ4v) is 3.54. The van der Waals surface area contributed by atoms with E-state index in [-0.39, 0.29) is 18.7 Å². The predicted molar refractivity (Wildman–Crippen MR) is 110 cm³/mol. The molecule has 9 nitrogen and oxygen atoms in total. The monoisotopic (exact) mass is 416 g/mol. The van der Waals surface area contributed by atoms with Crippen molar-refractivity contribution < 1.29 is 14.3 Å². The fraction of sp³-hybridized carbons (Fsp3) is 0.263. The zero-order valence-electron chi connectivity index (χ0n) is 16.1. The van der Waals surface area contributed by atoms with E-state index >= 15 is 0 Å². The SMILES string of the molecule is COc1ccc(-c2csc(NC(=O)CCc3c(C)[nH]c(=O)[nH]c3=O)n2)cc1OC. The number of methoxy groups -OCH3 is 2. The minimum atomic E-state index is -0.564. The van der Waals surface area contributed by atoms with E-state index in [1.807, 2.05) is 17.5 Å². The highest BCUT2D eigenvalue weighted by Crippen LogP contribution is 2.33. The van der Waals surface area contributed by atoms with Crippen LogP contribution < -0.4 is 26.0 Å². The molecule has 0 radical (unpaired) electrons. The minimum Gasteiger partial charge on any atom is -0.493 e. The zero-order valence-corrected chi connectivity index (χ0v) is 16.9. The number of hydrogen-bond donors (Lipinski definition) is 3. The molecule has 0 saturated carbocycles. The highest BCUT2D eigenvalue weighted by atomic mass is 32.1. The third kappa shape index (κ3) is 4.72. The first-order chi connectivity index (χ1) is 13.9. The summed E-state index contributed by atoms with van der Waals surface area (Å²) in [6.45, 7) is 1.63. The number of aryl methyl sites for hydroxylation is 1. The van der Waals surface area contributed by atoms with Gasteiger partial charge in [-0.2, -0.15) is 0 Å². The number of aromatic nitrogens is 3. The van der Waals surface area contributed by atoms with Gasteiger partial charge in [-0.1, -0.05) is 0 Å². The third-order valence-electron chi connectivity index (χ3n) is 4.29. The number of anilines is 1. The molecule has 0 spiro atoms. The van der Waals surface area contributed by atoms with E-state index in [0.717, 1.165) is 5.56 Å². The molecule has 0 bridgehead atoms. The summed E-state index contributed by atoms with van der Waals surface area (Å²) in [6.07, 6.45) is 0.291. The Morgan fingerprint density at radius 3 is 2.62 bits per heavy atom. The van der Waals surface area contributed by atoms with Gasteiger partial charge in [0.1, 0.15) is 0 Å². The molecule has 0 fully saturated rings. The maximum atomic E-state index is 12.2. The molecule has 1 amide bonds. The Morgan fingerprint density at radius 1 is 1.17 bits per heavy atom. The van der Waals surface area contributed by atoms with Gasteiger partial charge in [-0.25, -0.2) is 9.78 Å². The number of nitrogens with zero attached hydrogens (tertiary/aromatic N) is 1. The predicted octanol–water partition coefficient (Wildman–Crippen LogP) is 2.08. The van der Waals surface area contributed by atoms with E-state index < -0.39 is 11.2 Å². The van der Waals surface area contributed by atoms with Crippen molar-refractivity contribution in [1.29, 1.82) is 0 Å². The number of H-pyrrole nitrogens is 2. The molecule has 0 atom stereocenters. The summed E-state index contributed by atoms with van der Waals surface area (Å²) in [4.78, 5) is 44.4.